The predicted octanol–water partition coefficient (Wildman–Crippen LogP) is 0.858. The summed E-state index contributed by atoms with van der Waals surface area (Å²) in [7, 11) is 1.54. The minimum absolute atomic E-state index is 0.0313. The first-order chi connectivity index (χ1) is 16.9. The average molecular weight is 474 g/mol. The molecule has 0 spiro atoms. The molecule has 0 aliphatic carbocycles. The van der Waals surface area contributed by atoms with Gasteiger partial charge in [0.05, 0.1) is 13.7 Å². The number of hydrogen-bond acceptors (Lipinski definition) is 6. The third-order valence-corrected chi connectivity index (χ3v) is 6.66. The molecule has 0 bridgehead atoms. The van der Waals surface area contributed by atoms with Crippen LogP contribution in [0.5, 0.6) is 5.75 Å². The molecule has 2 unspecified atom stereocenters. The van der Waals surface area contributed by atoms with E-state index in [1.807, 2.05) is 30.3 Å². The molecule has 2 aromatic rings. The number of fused-ring (bicyclic) bond motifs is 1. The van der Waals surface area contributed by atoms with Crippen LogP contribution in [0.4, 0.5) is 0 Å². The van der Waals surface area contributed by atoms with Gasteiger partial charge in [0.2, 0.25) is 0 Å². The quantitative estimate of drug-likeness (QED) is 0.297. The molecule has 2 fully saturated rings. The minimum atomic E-state index is -1.47. The van der Waals surface area contributed by atoms with Gasteiger partial charge >= 0.3 is 0 Å². The normalized spacial score (nSPS) is 23.1. The molecular weight excluding hydrogens is 446 g/mol. The van der Waals surface area contributed by atoms with E-state index >= 15 is 0 Å². The number of likely N-dealkylation sites (tertiary alicyclic amines) is 1. The SMILES string of the molecule is COc1ccc2c(c1)C(=O)N(CC1(C#Cc3ccc(C(=N)N4CCCC4)cc3)NC(O)NC1=O)C2. The summed E-state index contributed by atoms with van der Waals surface area (Å²) in [6.07, 6.45) is 0.945. The van der Waals surface area contributed by atoms with Crippen molar-refractivity contribution in [2.24, 2.45) is 0 Å². The number of hydrogen-bond donors (Lipinski definition) is 4. The smallest absolute Gasteiger partial charge is 0.257 e. The van der Waals surface area contributed by atoms with Crippen LogP contribution in [0.2, 0.25) is 0 Å². The van der Waals surface area contributed by atoms with Crippen LogP contribution in [0.3, 0.4) is 0 Å². The summed E-state index contributed by atoms with van der Waals surface area (Å²) < 4.78 is 5.23. The number of nitrogens with zero attached hydrogens (tertiary/aromatic N) is 2. The number of aliphatic hydroxyl groups excluding tert-OH is 1. The monoisotopic (exact) mass is 473 g/mol. The topological polar surface area (TPSA) is 118 Å². The van der Waals surface area contributed by atoms with Gasteiger partial charge < -0.3 is 25.0 Å². The van der Waals surface area contributed by atoms with E-state index in [9.17, 15) is 14.7 Å². The Balaban J connectivity index is 1.37. The van der Waals surface area contributed by atoms with Crippen molar-refractivity contribution in [1.82, 2.24) is 20.4 Å². The fraction of sp³-hybridized carbons (Fsp3) is 0.346. The summed E-state index contributed by atoms with van der Waals surface area (Å²) in [5.74, 6) is 6.36. The molecule has 4 N–H and O–H groups in total. The number of methoxy groups -OCH3 is 1. The van der Waals surface area contributed by atoms with Crippen molar-refractivity contribution < 1.29 is 19.4 Å². The Kier molecular flexibility index (Phi) is 5.93. The summed E-state index contributed by atoms with van der Waals surface area (Å²) in [4.78, 5) is 29.5. The third kappa shape index (κ3) is 4.34. The zero-order chi connectivity index (χ0) is 24.6. The van der Waals surface area contributed by atoms with Crippen LogP contribution in [-0.4, -0.2) is 71.2 Å². The van der Waals surface area contributed by atoms with E-state index in [-0.39, 0.29) is 12.5 Å². The third-order valence-electron chi connectivity index (χ3n) is 6.66. The van der Waals surface area contributed by atoms with Crippen molar-refractivity contribution in [3.8, 4) is 17.6 Å². The van der Waals surface area contributed by atoms with Crippen molar-refractivity contribution in [1.29, 1.82) is 5.41 Å². The van der Waals surface area contributed by atoms with Gasteiger partial charge in [0.1, 0.15) is 11.6 Å². The lowest BCUT2D eigenvalue weighted by Gasteiger charge is -2.26. The fourth-order valence-corrected chi connectivity index (χ4v) is 4.73. The predicted molar refractivity (Wildman–Crippen MR) is 129 cm³/mol. The van der Waals surface area contributed by atoms with Crippen LogP contribution < -0.4 is 15.4 Å². The summed E-state index contributed by atoms with van der Waals surface area (Å²) in [6, 6.07) is 12.6. The lowest BCUT2D eigenvalue weighted by molar-refractivity contribution is -0.123. The maximum atomic E-state index is 13.0. The van der Waals surface area contributed by atoms with Crippen molar-refractivity contribution in [3.63, 3.8) is 0 Å². The van der Waals surface area contributed by atoms with Crippen LogP contribution in [-0.2, 0) is 11.3 Å². The fourth-order valence-electron chi connectivity index (χ4n) is 4.73. The highest BCUT2D eigenvalue weighted by Gasteiger charge is 2.48. The lowest BCUT2D eigenvalue weighted by atomic mass is 9.99. The number of amides is 2. The number of carbonyl (C=O) groups excluding carboxylic acids is 2. The van der Waals surface area contributed by atoms with E-state index in [2.05, 4.69) is 27.4 Å². The van der Waals surface area contributed by atoms with Crippen molar-refractivity contribution in [2.45, 2.75) is 31.3 Å². The van der Waals surface area contributed by atoms with Crippen LogP contribution in [0.1, 0.15) is 39.9 Å². The number of rotatable bonds is 4. The Labute approximate surface area is 203 Å². The molecule has 9 nitrogen and oxygen atoms in total. The number of nitrogens with one attached hydrogen (secondary N) is 3. The Morgan fingerprint density at radius 1 is 1.20 bits per heavy atom. The maximum Gasteiger partial charge on any atom is 0.257 e. The van der Waals surface area contributed by atoms with Gasteiger partial charge in [-0.1, -0.05) is 30.0 Å². The Morgan fingerprint density at radius 3 is 2.60 bits per heavy atom. The van der Waals surface area contributed by atoms with E-state index in [1.165, 1.54) is 0 Å². The van der Waals surface area contributed by atoms with Crippen LogP contribution >= 0.6 is 0 Å². The van der Waals surface area contributed by atoms with Crippen molar-refractivity contribution >= 4 is 17.6 Å². The van der Waals surface area contributed by atoms with E-state index in [1.54, 1.807) is 24.1 Å². The maximum absolute atomic E-state index is 13.0. The Hall–Kier alpha value is -3.87. The molecular formula is C26H27N5O4. The number of carbonyl (C=O) groups is 2. The van der Waals surface area contributed by atoms with E-state index in [0.717, 1.165) is 37.1 Å². The first-order valence-electron chi connectivity index (χ1n) is 11.6. The van der Waals surface area contributed by atoms with Gasteiger partial charge in [-0.25, -0.2) is 5.32 Å². The molecule has 180 valence electrons. The average Bonchev–Trinajstić information content (AvgIpc) is 3.57. The summed E-state index contributed by atoms with van der Waals surface area (Å²) in [5.41, 5.74) is 1.38. The van der Waals surface area contributed by atoms with Crippen LogP contribution in [0, 0.1) is 17.3 Å². The second-order valence-corrected chi connectivity index (χ2v) is 8.98. The highest BCUT2D eigenvalue weighted by molar-refractivity contribution is 6.00. The second-order valence-electron chi connectivity index (χ2n) is 8.98. The molecule has 3 aliphatic rings. The zero-order valence-electron chi connectivity index (χ0n) is 19.4. The standard InChI is InChI=1S/C26H27N5O4/c1-35-20-9-8-19-15-31(23(32)21(19)14-20)16-26(24(33)28-25(34)29-26)11-10-17-4-6-18(7-5-17)22(27)30-12-2-3-13-30/h4-9,14,25,27,29,34H,2-3,12-13,15-16H2,1H3,(H,28,33). The number of benzene rings is 2. The largest absolute Gasteiger partial charge is 0.497 e. The van der Waals surface area contributed by atoms with Crippen molar-refractivity contribution in [3.05, 3.63) is 64.7 Å². The Bertz CT molecular complexity index is 1240. The van der Waals surface area contributed by atoms with Crippen molar-refractivity contribution in [2.75, 3.05) is 26.7 Å². The minimum Gasteiger partial charge on any atom is -0.497 e. The molecule has 2 atom stereocenters. The molecule has 0 radical (unpaired) electrons. The van der Waals surface area contributed by atoms with Crippen LogP contribution in [0.25, 0.3) is 0 Å². The molecule has 9 heteroatoms. The van der Waals surface area contributed by atoms with Gasteiger partial charge in [0, 0.05) is 36.3 Å². The lowest BCUT2D eigenvalue weighted by Crippen LogP contribution is -2.54. The number of amidine groups is 1. The molecule has 35 heavy (non-hydrogen) atoms. The van der Waals surface area contributed by atoms with Gasteiger partial charge in [0.25, 0.3) is 11.8 Å². The first-order valence-corrected chi connectivity index (χ1v) is 11.6. The first kappa shape index (κ1) is 22.9. The zero-order valence-corrected chi connectivity index (χ0v) is 19.4. The van der Waals surface area contributed by atoms with E-state index in [0.29, 0.717) is 29.3 Å². The summed E-state index contributed by atoms with van der Waals surface area (Å²) >= 11 is 0. The molecule has 2 aromatic carbocycles. The number of ether oxygens (including phenoxy) is 1. The molecule has 2 amide bonds. The summed E-state index contributed by atoms with van der Waals surface area (Å²) in [6.45, 7) is 2.10. The highest BCUT2D eigenvalue weighted by Crippen LogP contribution is 2.28. The molecule has 0 saturated carbocycles. The van der Waals surface area contributed by atoms with Gasteiger partial charge in [0.15, 0.2) is 11.9 Å². The van der Waals surface area contributed by atoms with Gasteiger partial charge in [-0.3, -0.25) is 15.0 Å². The summed E-state index contributed by atoms with van der Waals surface area (Å²) in [5, 5.41) is 23.7. The second kappa shape index (κ2) is 9.06. The van der Waals surface area contributed by atoms with E-state index < -0.39 is 17.8 Å². The van der Waals surface area contributed by atoms with Gasteiger partial charge in [-0.15, -0.1) is 0 Å². The van der Waals surface area contributed by atoms with Gasteiger partial charge in [-0.05, 0) is 42.7 Å². The van der Waals surface area contributed by atoms with E-state index in [4.69, 9.17) is 10.1 Å². The molecule has 2 saturated heterocycles. The molecule has 5 rings (SSSR count). The highest BCUT2D eigenvalue weighted by atomic mass is 16.5. The molecule has 3 aliphatic heterocycles. The van der Waals surface area contributed by atoms with Crippen LogP contribution in [0.15, 0.2) is 42.5 Å². The molecule has 3 heterocycles. The number of aliphatic hydroxyl groups is 1. The molecule has 0 aromatic heterocycles. The van der Waals surface area contributed by atoms with Gasteiger partial charge in [-0.2, -0.15) is 0 Å². The Morgan fingerprint density at radius 2 is 1.94 bits per heavy atom.